The zero-order valence-electron chi connectivity index (χ0n) is 11.2. The second kappa shape index (κ2) is 5.91. The zero-order chi connectivity index (χ0) is 14.7. The van der Waals surface area contributed by atoms with E-state index in [9.17, 15) is 8.42 Å². The van der Waals surface area contributed by atoms with Gasteiger partial charge in [-0.15, -0.1) is 0 Å². The summed E-state index contributed by atoms with van der Waals surface area (Å²) in [4.78, 5) is -0.0536. The van der Waals surface area contributed by atoms with E-state index in [4.69, 9.17) is 16.9 Å². The Bertz CT molecular complexity index is 598. The highest BCUT2D eigenvalue weighted by molar-refractivity contribution is 7.89. The molecular weight excluding hydrogens is 284 g/mol. The minimum atomic E-state index is -3.68. The molecule has 19 heavy (non-hydrogen) atoms. The van der Waals surface area contributed by atoms with Crippen LogP contribution < -0.4 is 4.72 Å². The van der Waals surface area contributed by atoms with Crippen molar-refractivity contribution < 1.29 is 8.42 Å². The van der Waals surface area contributed by atoms with Crippen LogP contribution in [0, 0.1) is 16.7 Å². The quantitative estimate of drug-likeness (QED) is 0.929. The third-order valence-corrected chi connectivity index (χ3v) is 4.46. The predicted molar refractivity (Wildman–Crippen MR) is 75.4 cm³/mol. The summed E-state index contributed by atoms with van der Waals surface area (Å²) >= 11 is 5.88. The molecule has 1 N–H and O–H groups in total. The normalized spacial score (nSPS) is 12.2. The van der Waals surface area contributed by atoms with Gasteiger partial charge in [-0.05, 0) is 30.0 Å². The maximum Gasteiger partial charge on any atom is 0.242 e. The van der Waals surface area contributed by atoms with Gasteiger partial charge in [0.25, 0.3) is 0 Å². The lowest BCUT2D eigenvalue weighted by molar-refractivity contribution is 0.378. The molecule has 0 unspecified atom stereocenters. The zero-order valence-corrected chi connectivity index (χ0v) is 12.8. The standard InChI is InChI=1S/C13H17ClN2O2S/c1-13(2,3)6-7-16-19(17,18)12-8-10(9-15)4-5-11(12)14/h4-5,8,16H,6-7H2,1-3H3. The van der Waals surface area contributed by atoms with E-state index in [1.807, 2.05) is 26.8 Å². The average molecular weight is 301 g/mol. The van der Waals surface area contributed by atoms with Crippen molar-refractivity contribution in [3.8, 4) is 6.07 Å². The molecule has 0 aliphatic rings. The Morgan fingerprint density at radius 2 is 2.00 bits per heavy atom. The Kier molecular flexibility index (Phi) is 4.97. The molecular formula is C13H17ClN2O2S. The molecule has 0 bridgehead atoms. The maximum atomic E-state index is 12.1. The fraction of sp³-hybridized carbons (Fsp3) is 0.462. The monoisotopic (exact) mass is 300 g/mol. The van der Waals surface area contributed by atoms with E-state index in [1.54, 1.807) is 0 Å². The Hall–Kier alpha value is -1.09. The molecule has 0 aromatic heterocycles. The van der Waals surface area contributed by atoms with E-state index in [1.165, 1.54) is 18.2 Å². The highest BCUT2D eigenvalue weighted by atomic mass is 35.5. The number of nitrogens with zero attached hydrogens (tertiary/aromatic N) is 1. The average Bonchev–Trinajstić information content (AvgIpc) is 2.27. The van der Waals surface area contributed by atoms with Gasteiger partial charge in [0.1, 0.15) is 4.90 Å². The van der Waals surface area contributed by atoms with Gasteiger partial charge in [0, 0.05) is 6.54 Å². The van der Waals surface area contributed by atoms with Gasteiger partial charge in [0.2, 0.25) is 10.0 Å². The smallest absolute Gasteiger partial charge is 0.211 e. The summed E-state index contributed by atoms with van der Waals surface area (Å²) in [5.74, 6) is 0. The molecule has 4 nitrogen and oxygen atoms in total. The SMILES string of the molecule is CC(C)(C)CCNS(=O)(=O)c1cc(C#N)ccc1Cl. The van der Waals surface area contributed by atoms with Crippen molar-refractivity contribution in [3.05, 3.63) is 28.8 Å². The van der Waals surface area contributed by atoms with Crippen molar-refractivity contribution in [1.29, 1.82) is 5.26 Å². The molecule has 1 aromatic carbocycles. The van der Waals surface area contributed by atoms with Gasteiger partial charge in [-0.1, -0.05) is 32.4 Å². The number of rotatable bonds is 4. The summed E-state index contributed by atoms with van der Waals surface area (Å²) in [6.07, 6.45) is 0.710. The van der Waals surface area contributed by atoms with Crippen LogP contribution in [0.2, 0.25) is 5.02 Å². The molecule has 6 heteroatoms. The van der Waals surface area contributed by atoms with Gasteiger partial charge >= 0.3 is 0 Å². The maximum absolute atomic E-state index is 12.1. The fourth-order valence-electron chi connectivity index (χ4n) is 1.42. The molecule has 0 aliphatic heterocycles. The molecule has 0 saturated heterocycles. The highest BCUT2D eigenvalue weighted by Crippen LogP contribution is 2.23. The molecule has 0 heterocycles. The van der Waals surface area contributed by atoms with Gasteiger partial charge < -0.3 is 0 Å². The van der Waals surface area contributed by atoms with Gasteiger partial charge in [-0.3, -0.25) is 0 Å². The summed E-state index contributed by atoms with van der Waals surface area (Å²) in [5, 5.41) is 8.91. The first-order valence-corrected chi connectivity index (χ1v) is 7.71. The van der Waals surface area contributed by atoms with E-state index in [0.717, 1.165) is 0 Å². The molecule has 104 valence electrons. The van der Waals surface area contributed by atoms with Crippen LogP contribution in [-0.4, -0.2) is 15.0 Å². The second-order valence-corrected chi connectivity index (χ2v) is 7.61. The number of nitriles is 1. The van der Waals surface area contributed by atoms with Crippen molar-refractivity contribution in [2.45, 2.75) is 32.1 Å². The predicted octanol–water partition coefficient (Wildman–Crippen LogP) is 2.93. The molecule has 1 rings (SSSR count). The van der Waals surface area contributed by atoms with Crippen molar-refractivity contribution in [1.82, 2.24) is 4.72 Å². The van der Waals surface area contributed by atoms with Crippen LogP contribution >= 0.6 is 11.6 Å². The Balaban J connectivity index is 2.92. The van der Waals surface area contributed by atoms with Crippen LogP contribution in [0.1, 0.15) is 32.8 Å². The number of hydrogen-bond donors (Lipinski definition) is 1. The summed E-state index contributed by atoms with van der Waals surface area (Å²) < 4.78 is 26.7. The molecule has 0 amide bonds. The molecule has 0 fully saturated rings. The molecule has 0 spiro atoms. The lowest BCUT2D eigenvalue weighted by Crippen LogP contribution is -2.27. The van der Waals surface area contributed by atoms with E-state index < -0.39 is 10.0 Å². The van der Waals surface area contributed by atoms with Crippen molar-refractivity contribution >= 4 is 21.6 Å². The first-order chi connectivity index (χ1) is 8.65. The molecule has 0 aliphatic carbocycles. The van der Waals surface area contributed by atoms with Crippen LogP contribution in [-0.2, 0) is 10.0 Å². The Labute approximate surface area is 119 Å². The number of hydrogen-bond acceptors (Lipinski definition) is 3. The van der Waals surface area contributed by atoms with Crippen LogP contribution in [0.15, 0.2) is 23.1 Å². The summed E-state index contributed by atoms with van der Waals surface area (Å²) in [7, 11) is -3.68. The number of nitrogens with one attached hydrogen (secondary N) is 1. The molecule has 0 atom stereocenters. The van der Waals surface area contributed by atoms with Crippen LogP contribution in [0.5, 0.6) is 0 Å². The van der Waals surface area contributed by atoms with E-state index >= 15 is 0 Å². The van der Waals surface area contributed by atoms with Crippen molar-refractivity contribution in [2.75, 3.05) is 6.54 Å². The summed E-state index contributed by atoms with van der Waals surface area (Å²) in [6.45, 7) is 6.43. The van der Waals surface area contributed by atoms with Gasteiger partial charge in [0.15, 0.2) is 0 Å². The molecule has 0 radical (unpaired) electrons. The van der Waals surface area contributed by atoms with Gasteiger partial charge in [-0.2, -0.15) is 5.26 Å². The third kappa shape index (κ3) is 4.83. The fourth-order valence-corrected chi connectivity index (χ4v) is 2.97. The molecule has 0 saturated carbocycles. The van der Waals surface area contributed by atoms with Gasteiger partial charge in [0.05, 0.1) is 16.7 Å². The van der Waals surface area contributed by atoms with Crippen molar-refractivity contribution in [3.63, 3.8) is 0 Å². The van der Waals surface area contributed by atoms with E-state index in [2.05, 4.69) is 4.72 Å². The number of sulfonamides is 1. The highest BCUT2D eigenvalue weighted by Gasteiger charge is 2.19. The van der Waals surface area contributed by atoms with Crippen LogP contribution in [0.3, 0.4) is 0 Å². The Morgan fingerprint density at radius 3 is 2.53 bits per heavy atom. The topological polar surface area (TPSA) is 70.0 Å². The van der Waals surface area contributed by atoms with Crippen molar-refractivity contribution in [2.24, 2.45) is 5.41 Å². The summed E-state index contributed by atoms with van der Waals surface area (Å²) in [6, 6.07) is 6.07. The summed E-state index contributed by atoms with van der Waals surface area (Å²) in [5.41, 5.74) is 0.307. The van der Waals surface area contributed by atoms with Gasteiger partial charge in [-0.25, -0.2) is 13.1 Å². The van der Waals surface area contributed by atoms with E-state index in [0.29, 0.717) is 13.0 Å². The minimum absolute atomic E-state index is 0.0425. The lowest BCUT2D eigenvalue weighted by Gasteiger charge is -2.18. The lowest BCUT2D eigenvalue weighted by atomic mass is 9.93. The first-order valence-electron chi connectivity index (χ1n) is 5.85. The Morgan fingerprint density at radius 1 is 1.37 bits per heavy atom. The molecule has 1 aromatic rings. The van der Waals surface area contributed by atoms with Crippen LogP contribution in [0.25, 0.3) is 0 Å². The first kappa shape index (κ1) is 16.0. The largest absolute Gasteiger partial charge is 0.242 e. The number of benzene rings is 1. The van der Waals surface area contributed by atoms with E-state index in [-0.39, 0.29) is 20.9 Å². The second-order valence-electron chi connectivity index (χ2n) is 5.47. The number of halogens is 1. The third-order valence-electron chi connectivity index (χ3n) is 2.52. The van der Waals surface area contributed by atoms with Crippen LogP contribution in [0.4, 0.5) is 0 Å². The minimum Gasteiger partial charge on any atom is -0.211 e.